The van der Waals surface area contributed by atoms with Crippen LogP contribution in [-0.4, -0.2) is 38.5 Å². The molecule has 0 aromatic rings. The molecule has 1 unspecified atom stereocenters. The molecular formula is C15H24O4. The summed E-state index contributed by atoms with van der Waals surface area (Å²) in [5.74, 6) is -1.32. The van der Waals surface area contributed by atoms with E-state index >= 15 is 0 Å². The average Bonchev–Trinajstić information content (AvgIpc) is 2.44. The van der Waals surface area contributed by atoms with E-state index in [1.807, 2.05) is 0 Å². The van der Waals surface area contributed by atoms with Crippen molar-refractivity contribution in [2.45, 2.75) is 19.0 Å². The standard InChI is InChI=1S/C15H24O4/c1-6-10-16-14(5)15(17-11-7-2,18-12-8-3)19-13-9-4/h6-9,14H,1-4,10-13H2,5H3. The molecule has 4 nitrogen and oxygen atoms in total. The first-order chi connectivity index (χ1) is 9.16. The first-order valence-electron chi connectivity index (χ1n) is 6.13. The zero-order chi connectivity index (χ0) is 14.6. The summed E-state index contributed by atoms with van der Waals surface area (Å²) in [5.41, 5.74) is 0. The van der Waals surface area contributed by atoms with E-state index in [0.717, 1.165) is 0 Å². The van der Waals surface area contributed by atoms with Crippen LogP contribution in [0.4, 0.5) is 0 Å². The highest BCUT2D eigenvalue weighted by Crippen LogP contribution is 2.23. The Morgan fingerprint density at radius 3 is 1.47 bits per heavy atom. The van der Waals surface area contributed by atoms with Gasteiger partial charge in [-0.25, -0.2) is 0 Å². The van der Waals surface area contributed by atoms with Crippen molar-refractivity contribution in [1.29, 1.82) is 0 Å². The van der Waals surface area contributed by atoms with Gasteiger partial charge in [-0.2, -0.15) is 0 Å². The molecule has 0 fully saturated rings. The third kappa shape index (κ3) is 6.50. The molecule has 0 aromatic heterocycles. The Labute approximate surface area is 116 Å². The number of ether oxygens (including phenoxy) is 4. The van der Waals surface area contributed by atoms with Gasteiger partial charge in [0.2, 0.25) is 0 Å². The van der Waals surface area contributed by atoms with E-state index in [9.17, 15) is 0 Å². The van der Waals surface area contributed by atoms with E-state index in [-0.39, 0.29) is 19.8 Å². The van der Waals surface area contributed by atoms with Crippen molar-refractivity contribution >= 4 is 0 Å². The second-order valence-electron chi connectivity index (χ2n) is 3.67. The van der Waals surface area contributed by atoms with Crippen molar-refractivity contribution < 1.29 is 18.9 Å². The number of hydrogen-bond acceptors (Lipinski definition) is 4. The normalized spacial score (nSPS) is 12.7. The van der Waals surface area contributed by atoms with Crippen LogP contribution in [0.15, 0.2) is 50.6 Å². The van der Waals surface area contributed by atoms with Gasteiger partial charge in [0.1, 0.15) is 6.10 Å². The third-order valence-corrected chi connectivity index (χ3v) is 2.17. The van der Waals surface area contributed by atoms with Gasteiger partial charge >= 0.3 is 5.97 Å². The molecule has 0 heterocycles. The molecule has 0 amide bonds. The lowest BCUT2D eigenvalue weighted by atomic mass is 10.3. The predicted molar refractivity (Wildman–Crippen MR) is 76.8 cm³/mol. The topological polar surface area (TPSA) is 36.9 Å². The summed E-state index contributed by atoms with van der Waals surface area (Å²) in [6.07, 6.45) is 6.04. The van der Waals surface area contributed by atoms with Crippen molar-refractivity contribution in [3.63, 3.8) is 0 Å². The molecule has 19 heavy (non-hydrogen) atoms. The smallest absolute Gasteiger partial charge is 0.311 e. The fourth-order valence-electron chi connectivity index (χ4n) is 1.32. The minimum Gasteiger partial charge on any atom is -0.366 e. The summed E-state index contributed by atoms with van der Waals surface area (Å²) in [5, 5.41) is 0. The monoisotopic (exact) mass is 268 g/mol. The Bertz CT molecular complexity index is 255. The summed E-state index contributed by atoms with van der Waals surface area (Å²) in [4.78, 5) is 0. The minimum absolute atomic E-state index is 0.274. The van der Waals surface area contributed by atoms with Crippen molar-refractivity contribution in [3.8, 4) is 0 Å². The predicted octanol–water partition coefficient (Wildman–Crippen LogP) is 2.84. The molecule has 0 saturated heterocycles. The van der Waals surface area contributed by atoms with Gasteiger partial charge in [-0.3, -0.25) is 0 Å². The lowest BCUT2D eigenvalue weighted by molar-refractivity contribution is -0.405. The summed E-state index contributed by atoms with van der Waals surface area (Å²) in [7, 11) is 0. The molecular weight excluding hydrogens is 244 g/mol. The highest BCUT2D eigenvalue weighted by atomic mass is 16.9. The highest BCUT2D eigenvalue weighted by molar-refractivity contribution is 4.78. The van der Waals surface area contributed by atoms with E-state index < -0.39 is 12.1 Å². The lowest BCUT2D eigenvalue weighted by Gasteiger charge is -2.36. The van der Waals surface area contributed by atoms with E-state index in [1.165, 1.54) is 0 Å². The Balaban J connectivity index is 4.92. The van der Waals surface area contributed by atoms with Gasteiger partial charge in [0.05, 0.1) is 26.4 Å². The van der Waals surface area contributed by atoms with Gasteiger partial charge in [0.15, 0.2) is 0 Å². The van der Waals surface area contributed by atoms with Crippen LogP contribution in [0.3, 0.4) is 0 Å². The molecule has 0 rings (SSSR count). The highest BCUT2D eigenvalue weighted by Gasteiger charge is 2.40. The van der Waals surface area contributed by atoms with Crippen molar-refractivity contribution in [2.75, 3.05) is 26.4 Å². The Morgan fingerprint density at radius 2 is 1.16 bits per heavy atom. The van der Waals surface area contributed by atoms with Crippen molar-refractivity contribution in [3.05, 3.63) is 50.6 Å². The zero-order valence-electron chi connectivity index (χ0n) is 11.7. The number of hydrogen-bond donors (Lipinski definition) is 0. The van der Waals surface area contributed by atoms with Crippen LogP contribution >= 0.6 is 0 Å². The van der Waals surface area contributed by atoms with Gasteiger partial charge < -0.3 is 18.9 Å². The number of rotatable bonds is 13. The molecule has 0 aromatic carbocycles. The Hall–Kier alpha value is -1.20. The first kappa shape index (κ1) is 17.8. The third-order valence-electron chi connectivity index (χ3n) is 2.17. The van der Waals surface area contributed by atoms with Crippen molar-refractivity contribution in [1.82, 2.24) is 0 Å². The summed E-state index contributed by atoms with van der Waals surface area (Å²) in [6.45, 7) is 17.4. The van der Waals surface area contributed by atoms with Crippen molar-refractivity contribution in [2.24, 2.45) is 0 Å². The average molecular weight is 268 g/mol. The summed E-state index contributed by atoms with van der Waals surface area (Å²) in [6, 6.07) is 0. The SMILES string of the molecule is C=CCOC(C)C(OCC=C)(OCC=C)OCC=C. The maximum Gasteiger partial charge on any atom is 0.311 e. The fourth-order valence-corrected chi connectivity index (χ4v) is 1.32. The second kappa shape index (κ2) is 10.7. The quantitative estimate of drug-likeness (QED) is 0.380. The maximum atomic E-state index is 5.62. The van der Waals surface area contributed by atoms with E-state index in [2.05, 4.69) is 26.3 Å². The van der Waals surface area contributed by atoms with Crippen LogP contribution in [0.5, 0.6) is 0 Å². The van der Waals surface area contributed by atoms with Crippen LogP contribution in [0.25, 0.3) is 0 Å². The van der Waals surface area contributed by atoms with E-state index in [4.69, 9.17) is 18.9 Å². The molecule has 4 heteroatoms. The fraction of sp³-hybridized carbons (Fsp3) is 0.467. The van der Waals surface area contributed by atoms with Gasteiger partial charge in [0.25, 0.3) is 0 Å². The molecule has 1 atom stereocenters. The second-order valence-corrected chi connectivity index (χ2v) is 3.67. The largest absolute Gasteiger partial charge is 0.366 e. The molecule has 0 N–H and O–H groups in total. The zero-order valence-corrected chi connectivity index (χ0v) is 11.7. The van der Waals surface area contributed by atoms with E-state index in [1.54, 1.807) is 31.2 Å². The molecule has 0 saturated carbocycles. The van der Waals surface area contributed by atoms with Crippen LogP contribution < -0.4 is 0 Å². The molecule has 0 aliphatic rings. The molecule has 0 radical (unpaired) electrons. The van der Waals surface area contributed by atoms with Crippen LogP contribution in [-0.2, 0) is 18.9 Å². The minimum atomic E-state index is -1.32. The van der Waals surface area contributed by atoms with Crippen LogP contribution in [0, 0.1) is 0 Å². The molecule has 0 aliphatic heterocycles. The summed E-state index contributed by atoms with van der Waals surface area (Å²) < 4.78 is 22.4. The van der Waals surface area contributed by atoms with E-state index in [0.29, 0.717) is 6.61 Å². The lowest BCUT2D eigenvalue weighted by Crippen LogP contribution is -2.50. The molecule has 0 spiro atoms. The summed E-state index contributed by atoms with van der Waals surface area (Å²) >= 11 is 0. The van der Waals surface area contributed by atoms with Gasteiger partial charge in [-0.1, -0.05) is 24.3 Å². The van der Waals surface area contributed by atoms with Crippen LogP contribution in [0.1, 0.15) is 6.92 Å². The molecule has 108 valence electrons. The Kier molecular flexibility index (Phi) is 10.0. The van der Waals surface area contributed by atoms with Gasteiger partial charge in [-0.05, 0) is 6.92 Å². The van der Waals surface area contributed by atoms with Crippen LogP contribution in [0.2, 0.25) is 0 Å². The molecule has 0 bridgehead atoms. The first-order valence-corrected chi connectivity index (χ1v) is 6.13. The van der Waals surface area contributed by atoms with Gasteiger partial charge in [0, 0.05) is 0 Å². The van der Waals surface area contributed by atoms with Gasteiger partial charge in [-0.15, -0.1) is 26.3 Å². The Morgan fingerprint density at radius 1 is 0.789 bits per heavy atom. The molecule has 0 aliphatic carbocycles. The maximum absolute atomic E-state index is 5.62.